The van der Waals surface area contributed by atoms with Crippen LogP contribution in [0.3, 0.4) is 0 Å². The molecule has 1 unspecified atom stereocenters. The summed E-state index contributed by atoms with van der Waals surface area (Å²) in [6.07, 6.45) is 9.96. The van der Waals surface area contributed by atoms with E-state index in [4.69, 9.17) is 5.10 Å². The number of hydrogen-bond donors (Lipinski definition) is 1. The maximum absolute atomic E-state index is 13.3. The van der Waals surface area contributed by atoms with Gasteiger partial charge >= 0.3 is 0 Å². The summed E-state index contributed by atoms with van der Waals surface area (Å²) in [5.41, 5.74) is 3.75. The van der Waals surface area contributed by atoms with Gasteiger partial charge in [-0.15, -0.1) is 0 Å². The summed E-state index contributed by atoms with van der Waals surface area (Å²) in [7, 11) is 0.585. The molecule has 1 N–H and O–H groups in total. The van der Waals surface area contributed by atoms with Gasteiger partial charge in [0, 0.05) is 50.7 Å². The summed E-state index contributed by atoms with van der Waals surface area (Å²) < 4.78 is 19.9. The van der Waals surface area contributed by atoms with Gasteiger partial charge in [-0.25, -0.2) is 22.7 Å². The van der Waals surface area contributed by atoms with Crippen LogP contribution in [-0.2, 0) is 18.0 Å². The van der Waals surface area contributed by atoms with Crippen molar-refractivity contribution >= 4 is 28.4 Å². The number of rotatable bonds is 6. The molecule has 1 aliphatic rings. The van der Waals surface area contributed by atoms with Gasteiger partial charge in [-0.05, 0) is 38.0 Å². The van der Waals surface area contributed by atoms with Crippen molar-refractivity contribution < 1.29 is 9.00 Å². The maximum atomic E-state index is 13.3. The van der Waals surface area contributed by atoms with Crippen molar-refractivity contribution in [2.45, 2.75) is 30.6 Å². The van der Waals surface area contributed by atoms with E-state index in [1.54, 1.807) is 44.7 Å². The molecule has 1 aromatic carbocycles. The Bertz CT molecular complexity index is 1630. The van der Waals surface area contributed by atoms with E-state index >= 15 is 0 Å². The molecule has 0 radical (unpaired) electrons. The van der Waals surface area contributed by atoms with Crippen molar-refractivity contribution in [2.75, 3.05) is 18.4 Å². The highest BCUT2D eigenvalue weighted by Gasteiger charge is 2.28. The molecule has 1 fully saturated rings. The third-order valence-corrected chi connectivity index (χ3v) is 8.21. The van der Waals surface area contributed by atoms with Crippen LogP contribution >= 0.6 is 0 Å². The summed E-state index contributed by atoms with van der Waals surface area (Å²) in [5, 5.41) is 16.3. The van der Waals surface area contributed by atoms with Crippen molar-refractivity contribution in [1.29, 1.82) is 0 Å². The van der Waals surface area contributed by atoms with Crippen molar-refractivity contribution in [2.24, 2.45) is 7.05 Å². The number of carbonyl (C=O) groups is 1. The Hall–Kier alpha value is -4.16. The van der Waals surface area contributed by atoms with E-state index in [9.17, 15) is 9.00 Å². The number of benzene rings is 1. The molecule has 6 rings (SSSR count). The summed E-state index contributed by atoms with van der Waals surface area (Å²) >= 11 is 0. The second-order valence-electron chi connectivity index (χ2n) is 9.40. The molecule has 5 heterocycles. The van der Waals surface area contributed by atoms with Crippen LogP contribution in [0.25, 0.3) is 11.3 Å². The summed E-state index contributed by atoms with van der Waals surface area (Å²) in [5.74, 6) is 0.448. The molecule has 12 heteroatoms. The number of aromatic nitrogens is 7. The van der Waals surface area contributed by atoms with Crippen LogP contribution in [0, 0.1) is 6.92 Å². The monoisotopic (exact) mass is 529 g/mol. The van der Waals surface area contributed by atoms with Crippen molar-refractivity contribution in [3.05, 3.63) is 84.2 Å². The van der Waals surface area contributed by atoms with Crippen LogP contribution in [-0.4, -0.2) is 61.7 Å². The Morgan fingerprint density at radius 1 is 1.11 bits per heavy atom. The summed E-state index contributed by atoms with van der Waals surface area (Å²) in [4.78, 5) is 18.3. The minimum absolute atomic E-state index is 0.179. The molecule has 194 valence electrons. The van der Waals surface area contributed by atoms with E-state index in [2.05, 4.69) is 20.5 Å². The maximum Gasteiger partial charge on any atom is 0.262 e. The van der Waals surface area contributed by atoms with Crippen LogP contribution in [0.2, 0.25) is 0 Å². The Kier molecular flexibility index (Phi) is 6.34. The molecule has 5 aromatic rings. The molecule has 0 saturated carbocycles. The highest BCUT2D eigenvalue weighted by atomic mass is 32.2. The normalized spacial score (nSPS) is 15.6. The third-order valence-electron chi connectivity index (χ3n) is 6.76. The van der Waals surface area contributed by atoms with E-state index < -0.39 is 11.0 Å². The van der Waals surface area contributed by atoms with Crippen molar-refractivity contribution in [3.8, 4) is 5.69 Å². The average Bonchev–Trinajstić information content (AvgIpc) is 3.67. The molecule has 0 bridgehead atoms. The number of piperidine rings is 1. The molecular formula is C26H27N9O2S. The molecule has 0 aliphatic carbocycles. The van der Waals surface area contributed by atoms with Gasteiger partial charge in [-0.3, -0.25) is 9.48 Å². The van der Waals surface area contributed by atoms with Gasteiger partial charge in [-0.1, -0.05) is 17.7 Å². The van der Waals surface area contributed by atoms with Crippen LogP contribution in [0.15, 0.2) is 72.3 Å². The number of carbonyl (C=O) groups excluding carboxylic acids is 1. The fraction of sp³-hybridized carbons (Fsp3) is 0.269. The lowest BCUT2D eigenvalue weighted by atomic mass is 9.95. The van der Waals surface area contributed by atoms with E-state index in [0.29, 0.717) is 35.0 Å². The molecule has 1 aliphatic heterocycles. The Morgan fingerprint density at radius 3 is 2.63 bits per heavy atom. The molecule has 1 atom stereocenters. The molecule has 0 spiro atoms. The van der Waals surface area contributed by atoms with Crippen LogP contribution in [0.4, 0.5) is 5.82 Å². The zero-order chi connectivity index (χ0) is 26.2. The van der Waals surface area contributed by atoms with Gasteiger partial charge in [0.25, 0.3) is 5.91 Å². The number of nitrogens with one attached hydrogen (secondary N) is 1. The van der Waals surface area contributed by atoms with Crippen LogP contribution < -0.4 is 5.32 Å². The molecule has 38 heavy (non-hydrogen) atoms. The molecule has 1 saturated heterocycles. The standard InChI is InChI=1S/C26H27N9O2S/c1-18-4-6-20(7-5-18)35-24(30-26(36)22-16-29-34-11-3-10-27-25(22)34)14-23(31-35)19-8-12-33(13-9-19)38(37)21-15-28-32(2)17-21/h3-7,10-11,14-17,19H,8-9,12-13H2,1-2H3,(H,30,36). The van der Waals surface area contributed by atoms with Gasteiger partial charge < -0.3 is 5.32 Å². The first-order valence-electron chi connectivity index (χ1n) is 12.4. The van der Waals surface area contributed by atoms with E-state index in [1.807, 2.05) is 48.6 Å². The molecule has 4 aromatic heterocycles. The third kappa shape index (κ3) is 4.63. The smallest absolute Gasteiger partial charge is 0.262 e. The van der Waals surface area contributed by atoms with Gasteiger partial charge in [0.05, 0.1) is 28.7 Å². The van der Waals surface area contributed by atoms with E-state index in [0.717, 1.165) is 29.8 Å². The lowest BCUT2D eigenvalue weighted by Crippen LogP contribution is -2.34. The van der Waals surface area contributed by atoms with Crippen molar-refractivity contribution in [3.63, 3.8) is 0 Å². The highest BCUT2D eigenvalue weighted by Crippen LogP contribution is 2.31. The van der Waals surface area contributed by atoms with Gasteiger partial charge in [0.2, 0.25) is 0 Å². The number of amides is 1. The summed E-state index contributed by atoms with van der Waals surface area (Å²) in [6.45, 7) is 3.39. The second kappa shape index (κ2) is 9.95. The first-order chi connectivity index (χ1) is 18.5. The fourth-order valence-corrected chi connectivity index (χ4v) is 5.92. The number of nitrogens with zero attached hydrogens (tertiary/aromatic N) is 8. The fourth-order valence-electron chi connectivity index (χ4n) is 4.70. The first kappa shape index (κ1) is 24.2. The number of aryl methyl sites for hydroxylation is 2. The Labute approximate surface area is 221 Å². The van der Waals surface area contributed by atoms with Crippen LogP contribution in [0.5, 0.6) is 0 Å². The topological polar surface area (TPSA) is 115 Å². The minimum atomic E-state index is -1.23. The number of hydrogen-bond acceptors (Lipinski definition) is 6. The van der Waals surface area contributed by atoms with E-state index in [1.165, 1.54) is 6.20 Å². The van der Waals surface area contributed by atoms with E-state index in [-0.39, 0.29) is 11.8 Å². The van der Waals surface area contributed by atoms with Crippen molar-refractivity contribution in [1.82, 2.24) is 38.5 Å². The van der Waals surface area contributed by atoms with Gasteiger partial charge in [-0.2, -0.15) is 15.3 Å². The van der Waals surface area contributed by atoms with Gasteiger partial charge in [0.1, 0.15) is 22.4 Å². The molecule has 11 nitrogen and oxygen atoms in total. The first-order valence-corrected chi connectivity index (χ1v) is 13.5. The second-order valence-corrected chi connectivity index (χ2v) is 10.9. The van der Waals surface area contributed by atoms with Crippen LogP contribution in [0.1, 0.15) is 40.4 Å². The quantitative estimate of drug-likeness (QED) is 0.361. The largest absolute Gasteiger partial charge is 0.306 e. The average molecular weight is 530 g/mol. The lowest BCUT2D eigenvalue weighted by molar-refractivity contribution is 0.102. The van der Waals surface area contributed by atoms with Gasteiger partial charge in [0.15, 0.2) is 5.65 Å². The predicted octanol–water partition coefficient (Wildman–Crippen LogP) is 3.11. The Morgan fingerprint density at radius 2 is 1.89 bits per heavy atom. The summed E-state index contributed by atoms with van der Waals surface area (Å²) in [6, 6.07) is 11.7. The lowest BCUT2D eigenvalue weighted by Gasteiger charge is -2.29. The highest BCUT2D eigenvalue weighted by molar-refractivity contribution is 7.82. The zero-order valence-electron chi connectivity index (χ0n) is 21.1. The number of anilines is 1. The Balaban J connectivity index is 1.25. The number of fused-ring (bicyclic) bond motifs is 1. The molecule has 1 amide bonds. The molecular weight excluding hydrogens is 502 g/mol. The SMILES string of the molecule is Cc1ccc(-n2nc(C3CCN(S(=O)c4cnn(C)c4)CC3)cc2NC(=O)c2cnn3cccnc23)cc1. The zero-order valence-corrected chi connectivity index (χ0v) is 21.9. The predicted molar refractivity (Wildman–Crippen MR) is 142 cm³/mol. The minimum Gasteiger partial charge on any atom is -0.306 e.